The fourth-order valence-corrected chi connectivity index (χ4v) is 7.01. The SMILES string of the molecule is CN(CCC#Cc1ccc2c(c1)CN(C1CCC(=O)NC1=O)C2=O)C1CCC(NC(=O)N2CCN(c3ccc(N)cc3)CC2)CC1. The number of anilines is 2. The molecule has 6 rings (SSSR count). The number of nitrogens with two attached hydrogens (primary N) is 1. The normalized spacial score (nSPS) is 23.1. The van der Waals surface area contributed by atoms with E-state index in [1.165, 1.54) is 0 Å². The Hall–Kier alpha value is -4.56. The number of carbonyl (C=O) groups is 4. The zero-order chi connectivity index (χ0) is 32.2. The van der Waals surface area contributed by atoms with Crippen LogP contribution in [0.25, 0.3) is 0 Å². The monoisotopic (exact) mass is 625 g/mol. The van der Waals surface area contributed by atoms with Crippen molar-refractivity contribution in [3.8, 4) is 11.8 Å². The molecule has 2 aromatic carbocycles. The van der Waals surface area contributed by atoms with Crippen molar-refractivity contribution in [2.45, 2.75) is 69.6 Å². The summed E-state index contributed by atoms with van der Waals surface area (Å²) in [5.74, 6) is 5.66. The number of nitrogens with zero attached hydrogens (tertiary/aromatic N) is 4. The summed E-state index contributed by atoms with van der Waals surface area (Å²) < 4.78 is 0. The van der Waals surface area contributed by atoms with Gasteiger partial charge in [-0.25, -0.2) is 4.79 Å². The number of nitrogen functional groups attached to an aromatic ring is 1. The van der Waals surface area contributed by atoms with Crippen LogP contribution in [0.2, 0.25) is 0 Å². The molecule has 11 nitrogen and oxygen atoms in total. The van der Waals surface area contributed by atoms with Gasteiger partial charge in [0.25, 0.3) is 5.91 Å². The van der Waals surface area contributed by atoms with Crippen LogP contribution < -0.4 is 21.3 Å². The van der Waals surface area contributed by atoms with Crippen LogP contribution in [0.3, 0.4) is 0 Å². The van der Waals surface area contributed by atoms with E-state index < -0.39 is 11.9 Å². The first-order chi connectivity index (χ1) is 22.2. The van der Waals surface area contributed by atoms with Crippen molar-refractivity contribution in [2.75, 3.05) is 50.4 Å². The third-order valence-corrected chi connectivity index (χ3v) is 9.82. The van der Waals surface area contributed by atoms with E-state index in [0.717, 1.165) is 74.2 Å². The lowest BCUT2D eigenvalue weighted by atomic mass is 9.90. The molecule has 3 aliphatic heterocycles. The second kappa shape index (κ2) is 13.8. The van der Waals surface area contributed by atoms with Gasteiger partial charge in [0.05, 0.1) is 0 Å². The predicted molar refractivity (Wildman–Crippen MR) is 176 cm³/mol. The molecule has 4 aliphatic rings. The molecule has 1 aliphatic carbocycles. The van der Waals surface area contributed by atoms with Gasteiger partial charge in [0.2, 0.25) is 11.8 Å². The quantitative estimate of drug-likeness (QED) is 0.256. The number of rotatable bonds is 6. The predicted octanol–water partition coefficient (Wildman–Crippen LogP) is 2.55. The molecule has 0 spiro atoms. The van der Waals surface area contributed by atoms with Crippen LogP contribution in [0.5, 0.6) is 0 Å². The number of benzene rings is 2. The number of piperazine rings is 1. The standard InChI is InChI=1S/C35H43N7O4/c1-39(17-3-2-4-24-5-14-30-25(22-24)23-42(34(30)45)31-15-16-32(43)38-33(31)44)28-12-8-27(9-13-28)37-35(46)41-20-18-40(19-21-41)29-10-6-26(36)7-11-29/h5-7,10-11,14,22,27-28,31H,3,8-9,12-13,15-21,23,36H2,1H3,(H,37,46)(H,38,43,44). The number of fused-ring (bicyclic) bond motifs is 1. The van der Waals surface area contributed by atoms with Crippen molar-refractivity contribution in [2.24, 2.45) is 0 Å². The lowest BCUT2D eigenvalue weighted by molar-refractivity contribution is -0.136. The number of nitrogens with one attached hydrogen (secondary N) is 2. The van der Waals surface area contributed by atoms with E-state index in [1.54, 1.807) is 11.0 Å². The minimum atomic E-state index is -0.614. The van der Waals surface area contributed by atoms with Gasteiger partial charge < -0.3 is 30.7 Å². The smallest absolute Gasteiger partial charge is 0.317 e. The number of carbonyl (C=O) groups excluding carboxylic acids is 4. The molecule has 0 radical (unpaired) electrons. The topological polar surface area (TPSA) is 131 Å². The third-order valence-electron chi connectivity index (χ3n) is 9.82. The Kier molecular flexibility index (Phi) is 9.45. The second-order valence-electron chi connectivity index (χ2n) is 12.8. The van der Waals surface area contributed by atoms with Crippen LogP contribution in [-0.4, -0.2) is 96.3 Å². The summed E-state index contributed by atoms with van der Waals surface area (Å²) in [6, 6.07) is 13.6. The first-order valence-corrected chi connectivity index (χ1v) is 16.4. The summed E-state index contributed by atoms with van der Waals surface area (Å²) in [5.41, 5.74) is 10.0. The highest BCUT2D eigenvalue weighted by Crippen LogP contribution is 2.28. The Morgan fingerprint density at radius 1 is 1.00 bits per heavy atom. The van der Waals surface area contributed by atoms with Crippen molar-refractivity contribution in [3.63, 3.8) is 0 Å². The van der Waals surface area contributed by atoms with Gasteiger partial charge >= 0.3 is 6.03 Å². The zero-order valence-corrected chi connectivity index (χ0v) is 26.5. The molecule has 242 valence electrons. The molecular weight excluding hydrogens is 582 g/mol. The number of hydrogen-bond acceptors (Lipinski definition) is 7. The van der Waals surface area contributed by atoms with Crippen molar-refractivity contribution in [1.29, 1.82) is 0 Å². The minimum absolute atomic E-state index is 0.0450. The maximum Gasteiger partial charge on any atom is 0.317 e. The highest BCUT2D eigenvalue weighted by molar-refractivity contribution is 6.05. The molecule has 3 heterocycles. The van der Waals surface area contributed by atoms with Crippen molar-refractivity contribution < 1.29 is 19.2 Å². The Morgan fingerprint density at radius 3 is 2.46 bits per heavy atom. The van der Waals surface area contributed by atoms with Gasteiger partial charge in [-0.05, 0) is 87.2 Å². The Bertz CT molecular complexity index is 1530. The maximum atomic E-state index is 13.0. The van der Waals surface area contributed by atoms with Crippen LogP contribution in [0.1, 0.15) is 66.4 Å². The van der Waals surface area contributed by atoms with E-state index in [1.807, 2.05) is 41.3 Å². The molecule has 5 amide bonds. The highest BCUT2D eigenvalue weighted by Gasteiger charge is 2.39. The van der Waals surface area contributed by atoms with Crippen LogP contribution in [0.15, 0.2) is 42.5 Å². The van der Waals surface area contributed by atoms with Gasteiger partial charge in [-0.2, -0.15) is 0 Å². The van der Waals surface area contributed by atoms with Gasteiger partial charge in [-0.3, -0.25) is 19.7 Å². The van der Waals surface area contributed by atoms with Gasteiger partial charge in [0, 0.05) is 86.7 Å². The van der Waals surface area contributed by atoms with Gasteiger partial charge in [0.15, 0.2) is 0 Å². The number of amides is 5. The molecule has 1 saturated carbocycles. The molecule has 3 fully saturated rings. The first kappa shape index (κ1) is 31.4. The lowest BCUT2D eigenvalue weighted by Gasteiger charge is -2.38. The molecule has 2 aromatic rings. The van der Waals surface area contributed by atoms with E-state index in [0.29, 0.717) is 37.7 Å². The summed E-state index contributed by atoms with van der Waals surface area (Å²) in [7, 11) is 2.15. The molecule has 11 heteroatoms. The number of imide groups is 1. The summed E-state index contributed by atoms with van der Waals surface area (Å²) in [6.07, 6.45) is 5.36. The number of urea groups is 1. The number of hydrogen-bond donors (Lipinski definition) is 3. The Labute approximate surface area is 270 Å². The molecule has 2 saturated heterocycles. The van der Waals surface area contributed by atoms with Gasteiger partial charge in [-0.15, -0.1) is 0 Å². The van der Waals surface area contributed by atoms with E-state index in [4.69, 9.17) is 5.73 Å². The van der Waals surface area contributed by atoms with Crippen LogP contribution in [-0.2, 0) is 16.1 Å². The summed E-state index contributed by atoms with van der Waals surface area (Å²) >= 11 is 0. The average Bonchev–Trinajstić information content (AvgIpc) is 3.38. The van der Waals surface area contributed by atoms with Crippen LogP contribution in [0.4, 0.5) is 16.2 Å². The fourth-order valence-electron chi connectivity index (χ4n) is 7.01. The molecule has 46 heavy (non-hydrogen) atoms. The van der Waals surface area contributed by atoms with Gasteiger partial charge in [-0.1, -0.05) is 11.8 Å². The van der Waals surface area contributed by atoms with E-state index in [-0.39, 0.29) is 30.3 Å². The maximum absolute atomic E-state index is 13.0. The molecule has 1 unspecified atom stereocenters. The summed E-state index contributed by atoms with van der Waals surface area (Å²) in [4.78, 5) is 57.8. The minimum Gasteiger partial charge on any atom is -0.399 e. The first-order valence-electron chi connectivity index (χ1n) is 16.4. The van der Waals surface area contributed by atoms with Crippen molar-refractivity contribution in [1.82, 2.24) is 25.3 Å². The zero-order valence-electron chi connectivity index (χ0n) is 26.5. The average molecular weight is 626 g/mol. The molecular formula is C35H43N7O4. The van der Waals surface area contributed by atoms with Crippen molar-refractivity contribution >= 4 is 35.1 Å². The molecule has 1 atom stereocenters. The molecule has 0 aromatic heterocycles. The number of piperidine rings is 1. The van der Waals surface area contributed by atoms with E-state index >= 15 is 0 Å². The molecule has 4 N–H and O–H groups in total. The third kappa shape index (κ3) is 7.12. The fraction of sp³-hybridized carbons (Fsp3) is 0.486. The molecule has 0 bridgehead atoms. The van der Waals surface area contributed by atoms with Crippen molar-refractivity contribution in [3.05, 3.63) is 59.2 Å². The second-order valence-corrected chi connectivity index (χ2v) is 12.8. The lowest BCUT2D eigenvalue weighted by Crippen LogP contribution is -2.54. The largest absolute Gasteiger partial charge is 0.399 e. The van der Waals surface area contributed by atoms with E-state index in [9.17, 15) is 19.2 Å². The summed E-state index contributed by atoms with van der Waals surface area (Å²) in [6.45, 7) is 4.25. The van der Waals surface area contributed by atoms with E-state index in [2.05, 4.69) is 39.3 Å². The Morgan fingerprint density at radius 2 is 1.74 bits per heavy atom. The van der Waals surface area contributed by atoms with Gasteiger partial charge in [0.1, 0.15) is 6.04 Å². The van der Waals surface area contributed by atoms with Crippen LogP contribution >= 0.6 is 0 Å². The van der Waals surface area contributed by atoms with Crippen LogP contribution in [0, 0.1) is 11.8 Å². The Balaban J connectivity index is 0.905. The summed E-state index contributed by atoms with van der Waals surface area (Å²) in [5, 5.41) is 5.62. The highest BCUT2D eigenvalue weighted by atomic mass is 16.2.